The number of aliphatic imine (C=N–C) groups is 1. The van der Waals surface area contributed by atoms with Crippen LogP contribution in [0.2, 0.25) is 5.15 Å². The van der Waals surface area contributed by atoms with Crippen molar-refractivity contribution in [3.8, 4) is 5.75 Å². The standard InChI is InChI=1S/C25H37ClN8O6/c1-2-30-25(36)40-16-14-38-12-11-37-13-15-39-18-8-6-17(7-9-18)5-3-4-10-31-24(29)34-23(35)19-21(27)33-22(28)20(26)32-19/h6-9H,2-5,10-16H2,1H3,(H,30,36)(H4,27,28,33)(H3,29,31,34,35). The quantitative estimate of drug-likeness (QED) is 0.103. The maximum Gasteiger partial charge on any atom is 0.407 e. The van der Waals surface area contributed by atoms with Crippen molar-refractivity contribution >= 4 is 41.2 Å². The Bertz CT molecular complexity index is 1100. The van der Waals surface area contributed by atoms with Crippen LogP contribution in [0, 0.1) is 0 Å². The van der Waals surface area contributed by atoms with Gasteiger partial charge in [-0.1, -0.05) is 23.7 Å². The van der Waals surface area contributed by atoms with Crippen LogP contribution in [0.1, 0.15) is 35.8 Å². The van der Waals surface area contributed by atoms with E-state index in [0.29, 0.717) is 46.1 Å². The fourth-order valence-corrected chi connectivity index (χ4v) is 3.27. The van der Waals surface area contributed by atoms with Crippen LogP contribution in [-0.4, -0.2) is 80.7 Å². The van der Waals surface area contributed by atoms with Crippen molar-refractivity contribution in [1.29, 1.82) is 0 Å². The molecule has 40 heavy (non-hydrogen) atoms. The van der Waals surface area contributed by atoms with Crippen LogP contribution in [0.25, 0.3) is 0 Å². The van der Waals surface area contributed by atoms with Gasteiger partial charge < -0.3 is 41.5 Å². The third-order valence-corrected chi connectivity index (χ3v) is 5.37. The zero-order valence-corrected chi connectivity index (χ0v) is 23.2. The number of alkyl carbamates (subject to hydrolysis) is 1. The predicted molar refractivity (Wildman–Crippen MR) is 151 cm³/mol. The highest BCUT2D eigenvalue weighted by Gasteiger charge is 2.16. The summed E-state index contributed by atoms with van der Waals surface area (Å²) >= 11 is 5.79. The summed E-state index contributed by atoms with van der Waals surface area (Å²) in [5, 5.41) is 4.81. The zero-order chi connectivity index (χ0) is 29.2. The molecule has 0 atom stereocenters. The van der Waals surface area contributed by atoms with Crippen LogP contribution in [-0.2, 0) is 20.6 Å². The van der Waals surface area contributed by atoms with E-state index in [-0.39, 0.29) is 35.0 Å². The van der Waals surface area contributed by atoms with E-state index in [1.54, 1.807) is 0 Å². The van der Waals surface area contributed by atoms with Gasteiger partial charge in [0.25, 0.3) is 5.91 Å². The van der Waals surface area contributed by atoms with Crippen LogP contribution in [0.5, 0.6) is 5.75 Å². The number of halogens is 1. The average molecular weight is 581 g/mol. The Morgan fingerprint density at radius 1 is 0.950 bits per heavy atom. The number of nitrogen functional groups attached to an aromatic ring is 2. The van der Waals surface area contributed by atoms with Crippen molar-refractivity contribution in [2.75, 3.05) is 64.2 Å². The molecule has 0 unspecified atom stereocenters. The number of benzene rings is 1. The summed E-state index contributed by atoms with van der Waals surface area (Å²) in [6.07, 6.45) is 2.06. The number of nitrogens with two attached hydrogens (primary N) is 3. The topological polar surface area (TPSA) is 211 Å². The molecule has 1 aromatic carbocycles. The number of unbranched alkanes of at least 4 members (excludes halogenated alkanes) is 1. The molecule has 0 radical (unpaired) electrons. The van der Waals surface area contributed by atoms with Gasteiger partial charge in [-0.3, -0.25) is 15.1 Å². The van der Waals surface area contributed by atoms with Crippen molar-refractivity contribution in [2.45, 2.75) is 26.2 Å². The molecule has 0 aliphatic carbocycles. The molecular formula is C25H37ClN8O6. The van der Waals surface area contributed by atoms with Crippen molar-refractivity contribution in [3.05, 3.63) is 40.7 Å². The van der Waals surface area contributed by atoms with Crippen LogP contribution < -0.4 is 32.6 Å². The first kappa shape index (κ1) is 32.3. The molecule has 0 spiro atoms. The van der Waals surface area contributed by atoms with Crippen molar-refractivity contribution in [1.82, 2.24) is 20.6 Å². The van der Waals surface area contributed by atoms with Gasteiger partial charge in [-0.25, -0.2) is 14.8 Å². The Kier molecular flexibility index (Phi) is 14.9. The molecule has 2 amide bonds. The van der Waals surface area contributed by atoms with E-state index in [9.17, 15) is 9.59 Å². The highest BCUT2D eigenvalue weighted by Crippen LogP contribution is 2.17. The molecular weight excluding hydrogens is 544 g/mol. The second kappa shape index (κ2) is 18.4. The first-order chi connectivity index (χ1) is 19.3. The summed E-state index contributed by atoms with van der Waals surface area (Å²) in [4.78, 5) is 35.1. The summed E-state index contributed by atoms with van der Waals surface area (Å²) in [5.74, 6) is -0.195. The van der Waals surface area contributed by atoms with E-state index in [1.165, 1.54) is 0 Å². The number of nitrogens with one attached hydrogen (secondary N) is 2. The summed E-state index contributed by atoms with van der Waals surface area (Å²) in [7, 11) is 0. The third-order valence-electron chi connectivity index (χ3n) is 5.09. The first-order valence-electron chi connectivity index (χ1n) is 12.8. The maximum absolute atomic E-state index is 12.2. The highest BCUT2D eigenvalue weighted by atomic mass is 35.5. The number of aromatic nitrogens is 2. The molecule has 0 saturated heterocycles. The lowest BCUT2D eigenvalue weighted by atomic mass is 10.1. The molecule has 15 heteroatoms. The Morgan fingerprint density at radius 2 is 1.62 bits per heavy atom. The Hall–Kier alpha value is -3.88. The first-order valence-corrected chi connectivity index (χ1v) is 13.2. The Morgan fingerprint density at radius 3 is 2.33 bits per heavy atom. The number of hydrogen-bond acceptors (Lipinski definition) is 11. The van der Waals surface area contributed by atoms with Gasteiger partial charge in [0, 0.05) is 13.1 Å². The van der Waals surface area contributed by atoms with Crippen molar-refractivity contribution < 1.29 is 28.5 Å². The Balaban J connectivity index is 1.53. The number of amides is 2. The largest absolute Gasteiger partial charge is 0.491 e. The average Bonchev–Trinajstić information content (AvgIpc) is 2.92. The summed E-state index contributed by atoms with van der Waals surface area (Å²) < 4.78 is 21.4. The smallest absolute Gasteiger partial charge is 0.407 e. The molecule has 2 rings (SSSR count). The van der Waals surface area contributed by atoms with Gasteiger partial charge in [-0.2, -0.15) is 0 Å². The normalized spacial score (nSPS) is 11.2. The minimum absolute atomic E-state index is 0.0555. The number of aryl methyl sites for hydroxylation is 1. The molecule has 14 nitrogen and oxygen atoms in total. The van der Waals surface area contributed by atoms with Crippen molar-refractivity contribution in [2.24, 2.45) is 10.7 Å². The van der Waals surface area contributed by atoms with Gasteiger partial charge in [0.15, 0.2) is 28.4 Å². The number of guanidine groups is 1. The van der Waals surface area contributed by atoms with Crippen LogP contribution in [0.3, 0.4) is 0 Å². The molecule has 0 bridgehead atoms. The molecule has 8 N–H and O–H groups in total. The molecule has 0 fully saturated rings. The molecule has 0 saturated carbocycles. The fourth-order valence-electron chi connectivity index (χ4n) is 3.15. The summed E-state index contributed by atoms with van der Waals surface area (Å²) in [6, 6.07) is 7.84. The SMILES string of the molecule is CCNC(=O)OCCOCCOCCOc1ccc(CCCCN=C(N)NC(=O)c2nc(Cl)c(N)nc2N)cc1. The molecule has 0 aliphatic rings. The van der Waals surface area contributed by atoms with Crippen LogP contribution >= 0.6 is 11.6 Å². The number of nitrogens with zero attached hydrogens (tertiary/aromatic N) is 3. The van der Waals surface area contributed by atoms with Gasteiger partial charge in [-0.15, -0.1) is 0 Å². The van der Waals surface area contributed by atoms with E-state index >= 15 is 0 Å². The van der Waals surface area contributed by atoms with E-state index in [4.69, 9.17) is 47.7 Å². The van der Waals surface area contributed by atoms with Gasteiger partial charge in [-0.05, 0) is 43.9 Å². The van der Waals surface area contributed by atoms with Gasteiger partial charge in [0.05, 0.1) is 26.4 Å². The van der Waals surface area contributed by atoms with Crippen molar-refractivity contribution in [3.63, 3.8) is 0 Å². The lowest BCUT2D eigenvalue weighted by Gasteiger charge is -2.09. The van der Waals surface area contributed by atoms with Gasteiger partial charge in [0.1, 0.15) is 19.0 Å². The van der Waals surface area contributed by atoms with Crippen LogP contribution in [0.4, 0.5) is 16.4 Å². The number of anilines is 2. The van der Waals surface area contributed by atoms with Gasteiger partial charge >= 0.3 is 6.09 Å². The second-order valence-electron chi connectivity index (χ2n) is 8.20. The second-order valence-corrected chi connectivity index (χ2v) is 8.55. The van der Waals surface area contributed by atoms with E-state index in [0.717, 1.165) is 30.6 Å². The van der Waals surface area contributed by atoms with Gasteiger partial charge in [0.2, 0.25) is 0 Å². The summed E-state index contributed by atoms with van der Waals surface area (Å²) in [5.41, 5.74) is 17.9. The number of rotatable bonds is 17. The van der Waals surface area contributed by atoms with E-state index < -0.39 is 12.0 Å². The maximum atomic E-state index is 12.2. The molecule has 2 aromatic rings. The molecule has 1 aromatic heterocycles. The third kappa shape index (κ3) is 12.8. The highest BCUT2D eigenvalue weighted by molar-refractivity contribution is 6.31. The van der Waals surface area contributed by atoms with E-state index in [1.807, 2.05) is 31.2 Å². The number of carbonyl (C=O) groups excluding carboxylic acids is 2. The predicted octanol–water partition coefficient (Wildman–Crippen LogP) is 1.52. The Labute approximate surface area is 237 Å². The monoisotopic (exact) mass is 580 g/mol. The fraction of sp³-hybridized carbons (Fsp3) is 0.480. The summed E-state index contributed by atoms with van der Waals surface area (Å²) in [6.45, 7) is 4.96. The number of hydrogen-bond donors (Lipinski definition) is 5. The van der Waals surface area contributed by atoms with Crippen LogP contribution in [0.15, 0.2) is 29.3 Å². The minimum Gasteiger partial charge on any atom is -0.491 e. The lowest BCUT2D eigenvalue weighted by Crippen LogP contribution is -2.38. The minimum atomic E-state index is -0.673. The van der Waals surface area contributed by atoms with E-state index in [2.05, 4.69) is 25.6 Å². The lowest BCUT2D eigenvalue weighted by molar-refractivity contribution is 0.0209. The number of ether oxygens (including phenoxy) is 4. The molecule has 1 heterocycles. The zero-order valence-electron chi connectivity index (χ0n) is 22.5. The number of carbonyl (C=O) groups is 2. The molecule has 0 aliphatic heterocycles. The molecule has 220 valence electrons.